The van der Waals surface area contributed by atoms with E-state index in [0.29, 0.717) is 16.5 Å². The van der Waals surface area contributed by atoms with Crippen LogP contribution < -0.4 is 10.6 Å². The van der Waals surface area contributed by atoms with Crippen LogP contribution in [0.2, 0.25) is 5.02 Å². The van der Waals surface area contributed by atoms with Gasteiger partial charge < -0.3 is 10.6 Å². The van der Waals surface area contributed by atoms with E-state index in [9.17, 15) is 4.79 Å². The summed E-state index contributed by atoms with van der Waals surface area (Å²) >= 11 is 5.74. The van der Waals surface area contributed by atoms with Crippen molar-refractivity contribution in [1.29, 1.82) is 0 Å². The molecule has 0 aliphatic carbocycles. The molecule has 1 amide bonds. The van der Waals surface area contributed by atoms with Crippen molar-refractivity contribution in [2.75, 3.05) is 19.6 Å². The van der Waals surface area contributed by atoms with Gasteiger partial charge in [-0.25, -0.2) is 0 Å². The molecule has 4 heteroatoms. The number of carbonyl (C=O) groups excluding carboxylic acids is 1. The summed E-state index contributed by atoms with van der Waals surface area (Å²) in [5.41, 5.74) is 0.659. The highest BCUT2D eigenvalue weighted by atomic mass is 35.5. The lowest BCUT2D eigenvalue weighted by molar-refractivity contribution is 0.0942. The molecule has 80 valence electrons. The second-order valence-corrected chi connectivity index (χ2v) is 4.18. The number of carbonyl (C=O) groups is 1. The van der Waals surface area contributed by atoms with Crippen LogP contribution >= 0.6 is 11.6 Å². The Labute approximate surface area is 93.8 Å². The molecule has 0 atom stereocenters. The second kappa shape index (κ2) is 4.64. The first-order valence-electron chi connectivity index (χ1n) is 5.00. The van der Waals surface area contributed by atoms with Crippen LogP contribution in [0.15, 0.2) is 24.3 Å². The van der Waals surface area contributed by atoms with Crippen LogP contribution in [0.5, 0.6) is 0 Å². The maximum Gasteiger partial charge on any atom is 0.251 e. The Bertz CT molecular complexity index is 346. The molecule has 2 N–H and O–H groups in total. The van der Waals surface area contributed by atoms with Gasteiger partial charge in [-0.3, -0.25) is 4.79 Å². The van der Waals surface area contributed by atoms with Crippen LogP contribution in [0, 0.1) is 5.92 Å². The van der Waals surface area contributed by atoms with E-state index in [1.807, 2.05) is 0 Å². The molecule has 1 aromatic rings. The zero-order valence-electron chi connectivity index (χ0n) is 8.29. The Kier molecular flexibility index (Phi) is 3.23. The van der Waals surface area contributed by atoms with Crippen molar-refractivity contribution in [2.45, 2.75) is 0 Å². The van der Waals surface area contributed by atoms with Crippen LogP contribution in [0.4, 0.5) is 0 Å². The quantitative estimate of drug-likeness (QED) is 0.813. The predicted molar refractivity (Wildman–Crippen MR) is 60.1 cm³/mol. The highest BCUT2D eigenvalue weighted by molar-refractivity contribution is 6.30. The first kappa shape index (κ1) is 10.5. The van der Waals surface area contributed by atoms with Crippen molar-refractivity contribution in [1.82, 2.24) is 10.6 Å². The van der Waals surface area contributed by atoms with E-state index in [0.717, 1.165) is 19.6 Å². The lowest BCUT2D eigenvalue weighted by atomic mass is 10.0. The van der Waals surface area contributed by atoms with Gasteiger partial charge in [-0.2, -0.15) is 0 Å². The summed E-state index contributed by atoms with van der Waals surface area (Å²) in [7, 11) is 0. The minimum atomic E-state index is -0.0291. The first-order chi connectivity index (χ1) is 7.25. The summed E-state index contributed by atoms with van der Waals surface area (Å²) in [5, 5.41) is 6.71. The standard InChI is InChI=1S/C11H13ClN2O/c12-10-3-1-9(2-4-10)11(15)14-7-8-5-13-6-8/h1-4,8,13H,5-7H2,(H,14,15). The third kappa shape index (κ3) is 2.70. The van der Waals surface area contributed by atoms with Crippen molar-refractivity contribution in [2.24, 2.45) is 5.92 Å². The third-order valence-electron chi connectivity index (χ3n) is 2.52. The molecule has 1 aliphatic heterocycles. The summed E-state index contributed by atoms with van der Waals surface area (Å²) in [5.74, 6) is 0.555. The van der Waals surface area contributed by atoms with Gasteiger partial charge in [0.2, 0.25) is 0 Å². The van der Waals surface area contributed by atoms with E-state index in [-0.39, 0.29) is 5.91 Å². The average Bonchev–Trinajstić information content (AvgIpc) is 2.16. The highest BCUT2D eigenvalue weighted by Gasteiger charge is 2.17. The molecular weight excluding hydrogens is 212 g/mol. The summed E-state index contributed by atoms with van der Waals surface area (Å²) in [6.45, 7) is 2.75. The van der Waals surface area contributed by atoms with Crippen LogP contribution in [0.3, 0.4) is 0 Å². The molecule has 1 heterocycles. The van der Waals surface area contributed by atoms with Gasteiger partial charge >= 0.3 is 0 Å². The van der Waals surface area contributed by atoms with Crippen LogP contribution in [0.1, 0.15) is 10.4 Å². The minimum absolute atomic E-state index is 0.0291. The molecule has 1 fully saturated rings. The monoisotopic (exact) mass is 224 g/mol. The second-order valence-electron chi connectivity index (χ2n) is 3.74. The van der Waals surface area contributed by atoms with E-state index in [1.54, 1.807) is 24.3 Å². The zero-order valence-corrected chi connectivity index (χ0v) is 9.05. The fourth-order valence-corrected chi connectivity index (χ4v) is 1.56. The molecule has 15 heavy (non-hydrogen) atoms. The molecule has 1 aromatic carbocycles. The summed E-state index contributed by atoms with van der Waals surface area (Å²) in [6, 6.07) is 6.91. The first-order valence-corrected chi connectivity index (χ1v) is 5.38. The van der Waals surface area contributed by atoms with Crippen LogP contribution in [-0.2, 0) is 0 Å². The molecular formula is C11H13ClN2O. The summed E-state index contributed by atoms with van der Waals surface area (Å²) in [4.78, 5) is 11.6. The summed E-state index contributed by atoms with van der Waals surface area (Å²) < 4.78 is 0. The smallest absolute Gasteiger partial charge is 0.251 e. The Balaban J connectivity index is 1.86. The van der Waals surface area contributed by atoms with Crippen molar-refractivity contribution in [3.8, 4) is 0 Å². The van der Waals surface area contributed by atoms with Crippen molar-refractivity contribution < 1.29 is 4.79 Å². The van der Waals surface area contributed by atoms with Gasteiger partial charge in [-0.1, -0.05) is 11.6 Å². The van der Waals surface area contributed by atoms with Crippen molar-refractivity contribution in [3.05, 3.63) is 34.9 Å². The highest BCUT2D eigenvalue weighted by Crippen LogP contribution is 2.09. The van der Waals surface area contributed by atoms with Crippen LogP contribution in [-0.4, -0.2) is 25.5 Å². The molecule has 0 unspecified atom stereocenters. The van der Waals surface area contributed by atoms with Gasteiger partial charge in [-0.15, -0.1) is 0 Å². The molecule has 0 aromatic heterocycles. The molecule has 3 nitrogen and oxygen atoms in total. The Morgan fingerprint density at radius 2 is 2.07 bits per heavy atom. The fourth-order valence-electron chi connectivity index (χ4n) is 1.43. The lowest BCUT2D eigenvalue weighted by Crippen LogP contribution is -2.48. The topological polar surface area (TPSA) is 41.1 Å². The summed E-state index contributed by atoms with van der Waals surface area (Å²) in [6.07, 6.45) is 0. The largest absolute Gasteiger partial charge is 0.352 e. The Hall–Kier alpha value is -1.06. The van der Waals surface area contributed by atoms with Gasteiger partial charge in [0.25, 0.3) is 5.91 Å². The maximum absolute atomic E-state index is 11.6. The molecule has 2 rings (SSSR count). The fraction of sp³-hybridized carbons (Fsp3) is 0.364. The number of amides is 1. The number of hydrogen-bond acceptors (Lipinski definition) is 2. The van der Waals surface area contributed by atoms with E-state index in [4.69, 9.17) is 11.6 Å². The molecule has 0 saturated carbocycles. The van der Waals surface area contributed by atoms with Gasteiger partial charge in [0.05, 0.1) is 0 Å². The number of nitrogens with one attached hydrogen (secondary N) is 2. The van der Waals surface area contributed by atoms with E-state index < -0.39 is 0 Å². The van der Waals surface area contributed by atoms with Crippen molar-refractivity contribution in [3.63, 3.8) is 0 Å². The predicted octanol–water partition coefficient (Wildman–Crippen LogP) is 1.29. The van der Waals surface area contributed by atoms with Gasteiger partial charge in [0, 0.05) is 36.1 Å². The minimum Gasteiger partial charge on any atom is -0.352 e. The van der Waals surface area contributed by atoms with E-state index in [1.165, 1.54) is 0 Å². The molecule has 1 saturated heterocycles. The Morgan fingerprint density at radius 3 is 2.60 bits per heavy atom. The van der Waals surface area contributed by atoms with E-state index >= 15 is 0 Å². The van der Waals surface area contributed by atoms with Crippen molar-refractivity contribution >= 4 is 17.5 Å². The Morgan fingerprint density at radius 1 is 1.40 bits per heavy atom. The van der Waals surface area contributed by atoms with Gasteiger partial charge in [-0.05, 0) is 24.3 Å². The molecule has 0 bridgehead atoms. The van der Waals surface area contributed by atoms with Gasteiger partial charge in [0.1, 0.15) is 0 Å². The number of rotatable bonds is 3. The molecule has 1 aliphatic rings. The van der Waals surface area contributed by atoms with Crippen LogP contribution in [0.25, 0.3) is 0 Å². The molecule has 0 radical (unpaired) electrons. The molecule has 0 spiro atoms. The van der Waals surface area contributed by atoms with E-state index in [2.05, 4.69) is 10.6 Å². The number of benzene rings is 1. The SMILES string of the molecule is O=C(NCC1CNC1)c1ccc(Cl)cc1. The normalized spacial score (nSPS) is 15.8. The third-order valence-corrected chi connectivity index (χ3v) is 2.78. The number of halogens is 1. The maximum atomic E-state index is 11.6. The average molecular weight is 225 g/mol. The zero-order chi connectivity index (χ0) is 10.7. The number of hydrogen-bond donors (Lipinski definition) is 2. The lowest BCUT2D eigenvalue weighted by Gasteiger charge is -2.27. The van der Waals surface area contributed by atoms with Gasteiger partial charge in [0.15, 0.2) is 0 Å².